The molecule has 17 rings (SSSR count). The molecule has 0 radical (unpaired) electrons. The highest BCUT2D eigenvalue weighted by molar-refractivity contribution is 6.12. The number of hydrogen-bond acceptors (Lipinski definition) is 9. The SMILES string of the molecule is FC(F)(F)c1ccc(-n2c3ccccc3c3cc(-c4nc(-c5ccccc5)nc(-c5ccccc5)n4)ccc32)cc1-c1cc(-c2nc(-c3ccccc3)nc(-c3ccccc3)n2)ccc1-n1c2ccccc2c2cc(-c3nc(-c4ccccc4)nc(-c4ccccc4)n3)ccc21. The van der Waals surface area contributed by atoms with E-state index in [9.17, 15) is 0 Å². The van der Waals surface area contributed by atoms with Crippen molar-refractivity contribution in [2.45, 2.75) is 6.18 Å². The van der Waals surface area contributed by atoms with E-state index in [4.69, 9.17) is 44.9 Å². The fourth-order valence-electron chi connectivity index (χ4n) is 12.8. The molecule has 0 aliphatic heterocycles. The molecule has 5 aromatic heterocycles. The van der Waals surface area contributed by atoms with Crippen molar-refractivity contribution in [3.05, 3.63) is 309 Å². The van der Waals surface area contributed by atoms with Crippen molar-refractivity contribution in [1.29, 1.82) is 0 Å². The van der Waals surface area contributed by atoms with Crippen LogP contribution >= 0.6 is 0 Å². The molecule has 0 bridgehead atoms. The predicted octanol–water partition coefficient (Wildman–Crippen LogP) is 20.1. The molecule has 96 heavy (non-hydrogen) atoms. The number of nitrogens with zero attached hydrogens (tertiary/aromatic N) is 11. The van der Waals surface area contributed by atoms with Crippen LogP contribution in [-0.4, -0.2) is 54.0 Å². The summed E-state index contributed by atoms with van der Waals surface area (Å²) < 4.78 is 53.5. The van der Waals surface area contributed by atoms with Crippen molar-refractivity contribution in [2.24, 2.45) is 0 Å². The summed E-state index contributed by atoms with van der Waals surface area (Å²) in [5, 5.41) is 3.43. The molecule has 0 aliphatic rings. The van der Waals surface area contributed by atoms with Crippen LogP contribution in [0.4, 0.5) is 13.2 Å². The number of halogens is 3. The van der Waals surface area contributed by atoms with E-state index in [-0.39, 0.29) is 17.0 Å². The first-order valence-corrected chi connectivity index (χ1v) is 31.3. The zero-order valence-corrected chi connectivity index (χ0v) is 50.9. The van der Waals surface area contributed by atoms with Gasteiger partial charge in [0.15, 0.2) is 52.4 Å². The van der Waals surface area contributed by atoms with Gasteiger partial charge in [0, 0.05) is 82.9 Å². The maximum Gasteiger partial charge on any atom is 0.417 e. The summed E-state index contributed by atoms with van der Waals surface area (Å²) in [4.78, 5) is 45.3. The largest absolute Gasteiger partial charge is 0.417 e. The van der Waals surface area contributed by atoms with Gasteiger partial charge in [0.1, 0.15) is 0 Å². The quantitative estimate of drug-likeness (QED) is 0.118. The van der Waals surface area contributed by atoms with E-state index in [1.54, 1.807) is 18.2 Å². The molecule has 0 saturated carbocycles. The summed E-state index contributed by atoms with van der Waals surface area (Å²) in [6, 6.07) is 96.3. The Balaban J connectivity index is 0.888. The van der Waals surface area contributed by atoms with Crippen molar-refractivity contribution < 1.29 is 13.2 Å². The van der Waals surface area contributed by atoms with Gasteiger partial charge < -0.3 is 9.13 Å². The summed E-state index contributed by atoms with van der Waals surface area (Å²) in [7, 11) is 0. The molecule has 12 aromatic carbocycles. The van der Waals surface area contributed by atoms with Gasteiger partial charge in [-0.2, -0.15) is 13.2 Å². The molecule has 0 aliphatic carbocycles. The Hall–Kier alpha value is -12.9. The lowest BCUT2D eigenvalue weighted by molar-refractivity contribution is -0.137. The zero-order chi connectivity index (χ0) is 64.3. The van der Waals surface area contributed by atoms with Crippen LogP contribution in [0.3, 0.4) is 0 Å². The minimum atomic E-state index is -4.83. The van der Waals surface area contributed by atoms with Crippen LogP contribution in [0, 0.1) is 0 Å². The number of rotatable bonds is 12. The van der Waals surface area contributed by atoms with Crippen LogP contribution in [0.5, 0.6) is 0 Å². The summed E-state index contributed by atoms with van der Waals surface area (Å²) in [5.41, 5.74) is 10.2. The van der Waals surface area contributed by atoms with Gasteiger partial charge in [-0.05, 0) is 90.5 Å². The smallest absolute Gasteiger partial charge is 0.309 e. The first-order chi connectivity index (χ1) is 47.2. The first kappa shape index (κ1) is 57.0. The standard InChI is InChI=1S/C82H50F3N11/c83-82(84,85)67-43-42-60(95-68-37-21-19-35-61(68)64-47-57(39-44-70(64)95)79-89-73(51-23-7-1-8-24-51)86-74(90-79)52-25-9-2-10-26-52)50-63(67)66-49-59(81-93-77(55-31-15-5-16-32-55)88-78(94-81)56-33-17-6-18-34-56)41-46-72(66)96-69-38-22-20-36-62(69)65-48-58(40-45-71(65)96)80-91-75(53-27-11-3-12-28-53)87-76(92-80)54-29-13-4-14-30-54/h1-50H. The molecular weight excluding hydrogens is 1200 g/mol. The lowest BCUT2D eigenvalue weighted by Crippen LogP contribution is -2.10. The fourth-order valence-corrected chi connectivity index (χ4v) is 12.8. The third-order valence-corrected chi connectivity index (χ3v) is 17.3. The molecule has 0 amide bonds. The van der Waals surface area contributed by atoms with Crippen LogP contribution in [0.2, 0.25) is 0 Å². The van der Waals surface area contributed by atoms with Gasteiger partial charge in [0.25, 0.3) is 0 Å². The topological polar surface area (TPSA) is 126 Å². The summed E-state index contributed by atoms with van der Waals surface area (Å²) in [6.07, 6.45) is -4.83. The van der Waals surface area contributed by atoms with E-state index in [2.05, 4.69) is 12.1 Å². The van der Waals surface area contributed by atoms with Gasteiger partial charge in [-0.25, -0.2) is 44.9 Å². The molecule has 454 valence electrons. The number of alkyl halides is 3. The molecule has 0 saturated heterocycles. The molecule has 0 unspecified atom stereocenters. The Kier molecular flexibility index (Phi) is 14.0. The van der Waals surface area contributed by atoms with Gasteiger partial charge in [-0.1, -0.05) is 218 Å². The van der Waals surface area contributed by atoms with Crippen LogP contribution in [-0.2, 0) is 6.18 Å². The van der Waals surface area contributed by atoms with Crippen LogP contribution < -0.4 is 0 Å². The Bertz CT molecular complexity index is 5640. The molecule has 5 heterocycles. The number of aromatic nitrogens is 11. The fraction of sp³-hybridized carbons (Fsp3) is 0.0122. The minimum absolute atomic E-state index is 0.0679. The number of hydrogen-bond donors (Lipinski definition) is 0. The number of fused-ring (bicyclic) bond motifs is 6. The van der Waals surface area contributed by atoms with Crippen molar-refractivity contribution in [2.75, 3.05) is 0 Å². The van der Waals surface area contributed by atoms with E-state index >= 15 is 13.2 Å². The average Bonchev–Trinajstić information content (AvgIpc) is 1.51. The van der Waals surface area contributed by atoms with Gasteiger partial charge in [0.2, 0.25) is 0 Å². The van der Waals surface area contributed by atoms with E-state index in [1.165, 1.54) is 6.07 Å². The molecule has 0 atom stereocenters. The van der Waals surface area contributed by atoms with E-state index in [0.29, 0.717) is 63.5 Å². The van der Waals surface area contributed by atoms with E-state index in [1.807, 2.05) is 276 Å². The summed E-state index contributed by atoms with van der Waals surface area (Å²) in [5.74, 6) is 4.09. The molecule has 11 nitrogen and oxygen atoms in total. The molecule has 0 spiro atoms. The van der Waals surface area contributed by atoms with Gasteiger partial charge in [0.05, 0.1) is 33.3 Å². The van der Waals surface area contributed by atoms with Crippen molar-refractivity contribution in [1.82, 2.24) is 54.0 Å². The number of para-hydroxylation sites is 2. The van der Waals surface area contributed by atoms with Crippen LogP contribution in [0.1, 0.15) is 5.56 Å². The molecule has 17 aromatic rings. The van der Waals surface area contributed by atoms with E-state index < -0.39 is 11.7 Å². The Morgan fingerprint density at radius 1 is 0.219 bits per heavy atom. The summed E-state index contributed by atoms with van der Waals surface area (Å²) >= 11 is 0. The predicted molar refractivity (Wildman–Crippen MR) is 375 cm³/mol. The van der Waals surface area contributed by atoms with Gasteiger partial charge >= 0.3 is 6.18 Å². The second kappa shape index (κ2) is 23.6. The second-order valence-electron chi connectivity index (χ2n) is 23.2. The number of benzene rings is 12. The van der Waals surface area contributed by atoms with Crippen LogP contribution in [0.25, 0.3) is 169 Å². The normalized spacial score (nSPS) is 11.7. The van der Waals surface area contributed by atoms with Crippen molar-refractivity contribution >= 4 is 43.6 Å². The Labute approximate surface area is 548 Å². The lowest BCUT2D eigenvalue weighted by Gasteiger charge is -2.21. The molecular formula is C82H50F3N11. The minimum Gasteiger partial charge on any atom is -0.309 e. The highest BCUT2D eigenvalue weighted by Gasteiger charge is 2.36. The monoisotopic (exact) mass is 1250 g/mol. The highest BCUT2D eigenvalue weighted by atomic mass is 19.4. The molecule has 0 N–H and O–H groups in total. The molecule has 0 fully saturated rings. The lowest BCUT2D eigenvalue weighted by atomic mass is 9.94. The maximum absolute atomic E-state index is 16.5. The van der Waals surface area contributed by atoms with Gasteiger partial charge in [-0.15, -0.1) is 0 Å². The maximum atomic E-state index is 16.5. The third-order valence-electron chi connectivity index (χ3n) is 17.3. The van der Waals surface area contributed by atoms with Crippen LogP contribution in [0.15, 0.2) is 303 Å². The summed E-state index contributed by atoms with van der Waals surface area (Å²) in [6.45, 7) is 0. The van der Waals surface area contributed by atoms with E-state index in [0.717, 1.165) is 88.1 Å². The Morgan fingerprint density at radius 3 is 0.875 bits per heavy atom. The van der Waals surface area contributed by atoms with Gasteiger partial charge in [-0.3, -0.25) is 0 Å². The average molecular weight is 1250 g/mol. The zero-order valence-electron chi connectivity index (χ0n) is 50.9. The Morgan fingerprint density at radius 2 is 0.510 bits per heavy atom. The van der Waals surface area contributed by atoms with Crippen molar-refractivity contribution in [3.63, 3.8) is 0 Å². The second-order valence-corrected chi connectivity index (χ2v) is 23.2. The highest BCUT2D eigenvalue weighted by Crippen LogP contribution is 2.46. The first-order valence-electron chi connectivity index (χ1n) is 31.3. The third kappa shape index (κ3) is 10.4. The molecule has 14 heteroatoms. The van der Waals surface area contributed by atoms with Crippen molar-refractivity contribution in [3.8, 4) is 125 Å².